The first kappa shape index (κ1) is 14.0. The van der Waals surface area contributed by atoms with Crippen LogP contribution in [0.15, 0.2) is 22.7 Å². The molecule has 7 heteroatoms. The first-order valence-corrected chi connectivity index (χ1v) is 6.77. The summed E-state index contributed by atoms with van der Waals surface area (Å²) in [6, 6.07) is 4.60. The van der Waals surface area contributed by atoms with Gasteiger partial charge in [0.25, 0.3) is 5.69 Å². The summed E-state index contributed by atoms with van der Waals surface area (Å²) >= 11 is 3.17. The molecule has 6 nitrogen and oxygen atoms in total. The fourth-order valence-electron chi connectivity index (χ4n) is 2.25. The Bertz CT molecular complexity index is 521. The smallest absolute Gasteiger partial charge is 0.293 e. The van der Waals surface area contributed by atoms with Gasteiger partial charge in [-0.2, -0.15) is 0 Å². The summed E-state index contributed by atoms with van der Waals surface area (Å²) in [7, 11) is 0. The molecule has 1 aromatic rings. The molecule has 0 aromatic heterocycles. The van der Waals surface area contributed by atoms with Gasteiger partial charge < -0.3 is 11.1 Å². The fourth-order valence-corrected chi connectivity index (χ4v) is 2.60. The maximum Gasteiger partial charge on any atom is 0.293 e. The van der Waals surface area contributed by atoms with Gasteiger partial charge >= 0.3 is 0 Å². The molecule has 1 fully saturated rings. The lowest BCUT2D eigenvalue weighted by atomic mass is 10.1. The number of hydrogen-bond donors (Lipinski definition) is 2. The van der Waals surface area contributed by atoms with Crippen molar-refractivity contribution in [2.24, 2.45) is 11.7 Å². The van der Waals surface area contributed by atoms with E-state index in [2.05, 4.69) is 21.2 Å². The molecule has 1 saturated carbocycles. The summed E-state index contributed by atoms with van der Waals surface area (Å²) in [6.07, 6.45) is 2.19. The average Bonchev–Trinajstić information content (AvgIpc) is 2.78. The van der Waals surface area contributed by atoms with Crippen LogP contribution in [0, 0.1) is 16.0 Å². The summed E-state index contributed by atoms with van der Waals surface area (Å²) in [5.74, 6) is -0.350. The van der Waals surface area contributed by atoms with Gasteiger partial charge in [-0.05, 0) is 31.4 Å². The number of benzene rings is 1. The molecule has 2 unspecified atom stereocenters. The third-order valence-corrected chi connectivity index (χ3v) is 3.75. The van der Waals surface area contributed by atoms with Gasteiger partial charge in [-0.1, -0.05) is 15.9 Å². The largest absolute Gasteiger partial charge is 0.328 e. The summed E-state index contributed by atoms with van der Waals surface area (Å²) in [5, 5.41) is 13.6. The van der Waals surface area contributed by atoms with Crippen LogP contribution < -0.4 is 11.1 Å². The second kappa shape index (κ2) is 5.66. The van der Waals surface area contributed by atoms with Gasteiger partial charge in [0.05, 0.1) is 4.92 Å². The van der Waals surface area contributed by atoms with Crippen LogP contribution in [0.5, 0.6) is 0 Å². The van der Waals surface area contributed by atoms with Crippen molar-refractivity contribution in [3.05, 3.63) is 32.8 Å². The van der Waals surface area contributed by atoms with Gasteiger partial charge in [-0.15, -0.1) is 0 Å². The number of nitrogens with one attached hydrogen (secondary N) is 1. The van der Waals surface area contributed by atoms with Crippen molar-refractivity contribution >= 4 is 33.2 Å². The van der Waals surface area contributed by atoms with E-state index in [1.54, 1.807) is 6.07 Å². The van der Waals surface area contributed by atoms with Gasteiger partial charge in [0.2, 0.25) is 5.91 Å². The molecule has 1 aliphatic carbocycles. The van der Waals surface area contributed by atoms with E-state index in [-0.39, 0.29) is 29.2 Å². The summed E-state index contributed by atoms with van der Waals surface area (Å²) in [5.41, 5.74) is 5.86. The molecule has 19 heavy (non-hydrogen) atoms. The number of carbonyl (C=O) groups excluding carboxylic acids is 1. The number of anilines is 1. The molecule has 2 atom stereocenters. The van der Waals surface area contributed by atoms with E-state index in [9.17, 15) is 14.9 Å². The summed E-state index contributed by atoms with van der Waals surface area (Å²) in [4.78, 5) is 22.4. The molecule has 0 radical (unpaired) electrons. The molecular formula is C12H14BrN3O3. The summed E-state index contributed by atoms with van der Waals surface area (Å²) < 4.78 is 0.597. The standard InChI is InChI=1S/C12H14BrN3O3/c13-8-2-4-10(11(6-8)16(18)19)15-12(17)7-1-3-9(14)5-7/h2,4,6-7,9H,1,3,5,14H2,(H,15,17). The molecule has 0 saturated heterocycles. The van der Waals surface area contributed by atoms with Crippen LogP contribution >= 0.6 is 15.9 Å². The quantitative estimate of drug-likeness (QED) is 0.657. The van der Waals surface area contributed by atoms with Crippen LogP contribution in [0.3, 0.4) is 0 Å². The Morgan fingerprint density at radius 3 is 2.79 bits per heavy atom. The number of carbonyl (C=O) groups is 1. The molecular weight excluding hydrogens is 314 g/mol. The van der Waals surface area contributed by atoms with E-state index in [0.717, 1.165) is 12.8 Å². The van der Waals surface area contributed by atoms with Crippen LogP contribution in [-0.4, -0.2) is 16.9 Å². The SMILES string of the molecule is NC1CCC(C(=O)Nc2ccc(Br)cc2[N+](=O)[O-])C1. The minimum atomic E-state index is -0.513. The van der Waals surface area contributed by atoms with Crippen molar-refractivity contribution in [1.82, 2.24) is 0 Å². The number of nitrogens with two attached hydrogens (primary N) is 1. The predicted octanol–water partition coefficient (Wildman–Crippen LogP) is 2.42. The molecule has 0 spiro atoms. The van der Waals surface area contributed by atoms with Crippen LogP contribution in [0.1, 0.15) is 19.3 Å². The molecule has 1 aromatic carbocycles. The van der Waals surface area contributed by atoms with E-state index < -0.39 is 4.92 Å². The minimum absolute atomic E-state index is 0.0515. The zero-order valence-corrected chi connectivity index (χ0v) is 11.7. The fraction of sp³-hybridized carbons (Fsp3) is 0.417. The molecule has 2 rings (SSSR count). The number of nitrogens with zero attached hydrogens (tertiary/aromatic N) is 1. The Labute approximate surface area is 118 Å². The van der Waals surface area contributed by atoms with E-state index in [1.807, 2.05) is 0 Å². The number of nitro benzene ring substituents is 1. The molecule has 0 aliphatic heterocycles. The lowest BCUT2D eigenvalue weighted by Gasteiger charge is -2.11. The molecule has 1 aliphatic rings. The third-order valence-electron chi connectivity index (χ3n) is 3.26. The average molecular weight is 328 g/mol. The van der Waals surface area contributed by atoms with Crippen molar-refractivity contribution in [2.75, 3.05) is 5.32 Å². The molecule has 0 bridgehead atoms. The highest BCUT2D eigenvalue weighted by molar-refractivity contribution is 9.10. The topological polar surface area (TPSA) is 98.3 Å². The molecule has 0 heterocycles. The zero-order chi connectivity index (χ0) is 14.0. The number of rotatable bonds is 3. The van der Waals surface area contributed by atoms with E-state index >= 15 is 0 Å². The molecule has 102 valence electrons. The highest BCUT2D eigenvalue weighted by Gasteiger charge is 2.29. The van der Waals surface area contributed by atoms with Crippen LogP contribution in [0.25, 0.3) is 0 Å². The van der Waals surface area contributed by atoms with Gasteiger partial charge in [0.1, 0.15) is 5.69 Å². The first-order valence-electron chi connectivity index (χ1n) is 5.97. The van der Waals surface area contributed by atoms with Crippen molar-refractivity contribution < 1.29 is 9.72 Å². The Kier molecular flexibility index (Phi) is 4.16. The van der Waals surface area contributed by atoms with Crippen molar-refractivity contribution in [1.29, 1.82) is 0 Å². The van der Waals surface area contributed by atoms with Crippen molar-refractivity contribution in [3.8, 4) is 0 Å². The monoisotopic (exact) mass is 327 g/mol. The van der Waals surface area contributed by atoms with Gasteiger partial charge in [0.15, 0.2) is 0 Å². The Morgan fingerprint density at radius 1 is 1.47 bits per heavy atom. The Hall–Kier alpha value is -1.47. The highest BCUT2D eigenvalue weighted by Crippen LogP contribution is 2.30. The Morgan fingerprint density at radius 2 is 2.21 bits per heavy atom. The minimum Gasteiger partial charge on any atom is -0.328 e. The highest BCUT2D eigenvalue weighted by atomic mass is 79.9. The normalized spacial score (nSPS) is 22.2. The van der Waals surface area contributed by atoms with Crippen molar-refractivity contribution in [2.45, 2.75) is 25.3 Å². The first-order chi connectivity index (χ1) is 8.97. The van der Waals surface area contributed by atoms with Crippen LogP contribution in [0.2, 0.25) is 0 Å². The van der Waals surface area contributed by atoms with Gasteiger partial charge in [-0.25, -0.2) is 0 Å². The number of nitro groups is 1. The lowest BCUT2D eigenvalue weighted by Crippen LogP contribution is -2.23. The maximum atomic E-state index is 12.0. The van der Waals surface area contributed by atoms with Crippen molar-refractivity contribution in [3.63, 3.8) is 0 Å². The van der Waals surface area contributed by atoms with Crippen LogP contribution in [-0.2, 0) is 4.79 Å². The zero-order valence-electron chi connectivity index (χ0n) is 10.1. The lowest BCUT2D eigenvalue weighted by molar-refractivity contribution is -0.384. The van der Waals surface area contributed by atoms with Crippen LogP contribution in [0.4, 0.5) is 11.4 Å². The second-order valence-corrected chi connectivity index (χ2v) is 5.59. The predicted molar refractivity (Wildman–Crippen MR) is 74.7 cm³/mol. The van der Waals surface area contributed by atoms with E-state index in [1.165, 1.54) is 12.1 Å². The second-order valence-electron chi connectivity index (χ2n) is 4.68. The van der Waals surface area contributed by atoms with Gasteiger partial charge in [0, 0.05) is 22.5 Å². The number of amides is 1. The Balaban J connectivity index is 2.14. The van der Waals surface area contributed by atoms with E-state index in [0.29, 0.717) is 10.9 Å². The third kappa shape index (κ3) is 3.30. The summed E-state index contributed by atoms with van der Waals surface area (Å²) in [6.45, 7) is 0. The number of halogens is 1. The maximum absolute atomic E-state index is 12.0. The molecule has 3 N–H and O–H groups in total. The van der Waals surface area contributed by atoms with E-state index in [4.69, 9.17) is 5.73 Å². The number of hydrogen-bond acceptors (Lipinski definition) is 4. The van der Waals surface area contributed by atoms with Gasteiger partial charge in [-0.3, -0.25) is 14.9 Å². The molecule has 1 amide bonds.